The largest absolute Gasteiger partial charge is 0.444 e. The minimum absolute atomic E-state index is 0.0487. The zero-order valence-electron chi connectivity index (χ0n) is 18.8. The first kappa shape index (κ1) is 24.0. The van der Waals surface area contributed by atoms with Crippen LogP contribution in [0.5, 0.6) is 0 Å². The Kier molecular flexibility index (Phi) is 6.80. The van der Waals surface area contributed by atoms with Crippen LogP contribution in [0.3, 0.4) is 0 Å². The van der Waals surface area contributed by atoms with Crippen molar-refractivity contribution >= 4 is 6.09 Å². The second-order valence-corrected chi connectivity index (χ2v) is 9.00. The van der Waals surface area contributed by atoms with Crippen LogP contribution in [0.15, 0.2) is 15.8 Å². The number of nitrogens with one attached hydrogen (secondary N) is 2. The minimum Gasteiger partial charge on any atom is -0.444 e. The summed E-state index contributed by atoms with van der Waals surface area (Å²) in [7, 11) is 0. The number of hydrogen-bond acceptors (Lipinski definition) is 8. The van der Waals surface area contributed by atoms with E-state index in [0.717, 1.165) is 0 Å². The second-order valence-electron chi connectivity index (χ2n) is 9.00. The van der Waals surface area contributed by atoms with Gasteiger partial charge in [-0.2, -0.15) is 0 Å². The number of fused-ring (bicyclic) bond motifs is 1. The van der Waals surface area contributed by atoms with Crippen molar-refractivity contribution in [2.45, 2.75) is 77.0 Å². The van der Waals surface area contributed by atoms with Gasteiger partial charge in [0.1, 0.15) is 29.5 Å². The van der Waals surface area contributed by atoms with Crippen molar-refractivity contribution in [2.24, 2.45) is 0 Å². The molecule has 2 aliphatic rings. The molecule has 2 saturated heterocycles. The fraction of sp³-hybridized carbons (Fsp3) is 0.667. The van der Waals surface area contributed by atoms with Gasteiger partial charge >= 0.3 is 11.8 Å². The van der Waals surface area contributed by atoms with Crippen LogP contribution in [-0.2, 0) is 18.9 Å². The molecular formula is C21H29N3O8. The number of aromatic nitrogens is 2. The van der Waals surface area contributed by atoms with Crippen LogP contribution in [0.1, 0.15) is 52.8 Å². The highest BCUT2D eigenvalue weighted by molar-refractivity contribution is 5.67. The number of aliphatic hydroxyl groups excluding tert-OH is 1. The Hall–Kier alpha value is -2.65. The first-order valence-electron chi connectivity index (χ1n) is 10.3. The van der Waals surface area contributed by atoms with Gasteiger partial charge in [-0.1, -0.05) is 11.8 Å². The molecule has 3 rings (SSSR count). The molecule has 2 aliphatic heterocycles. The van der Waals surface area contributed by atoms with E-state index in [1.54, 1.807) is 34.6 Å². The number of ether oxygens (including phenoxy) is 4. The number of H-pyrrole nitrogens is 1. The number of amides is 1. The third-order valence-corrected chi connectivity index (χ3v) is 4.69. The number of nitrogens with zero attached hydrogens (tertiary/aromatic N) is 1. The van der Waals surface area contributed by atoms with Gasteiger partial charge in [0.25, 0.3) is 5.56 Å². The fourth-order valence-corrected chi connectivity index (χ4v) is 3.49. The van der Waals surface area contributed by atoms with Gasteiger partial charge in [0.05, 0.1) is 6.61 Å². The molecule has 11 heteroatoms. The van der Waals surface area contributed by atoms with Gasteiger partial charge in [0, 0.05) is 19.2 Å². The molecule has 4 atom stereocenters. The number of carbonyl (C=O) groups is 1. The first-order valence-corrected chi connectivity index (χ1v) is 10.3. The number of hydrogen-bond donors (Lipinski definition) is 3. The predicted molar refractivity (Wildman–Crippen MR) is 112 cm³/mol. The maximum Gasteiger partial charge on any atom is 0.407 e. The van der Waals surface area contributed by atoms with E-state index in [9.17, 15) is 19.5 Å². The van der Waals surface area contributed by atoms with Crippen molar-refractivity contribution in [1.29, 1.82) is 0 Å². The maximum atomic E-state index is 12.4. The normalized spacial score (nSPS) is 26.2. The number of rotatable bonds is 4. The zero-order chi connectivity index (χ0) is 23.7. The lowest BCUT2D eigenvalue weighted by Gasteiger charge is -2.24. The third-order valence-electron chi connectivity index (χ3n) is 4.69. The average Bonchev–Trinajstić information content (AvgIpc) is 3.14. The van der Waals surface area contributed by atoms with Crippen LogP contribution in [0, 0.1) is 11.8 Å². The van der Waals surface area contributed by atoms with E-state index in [2.05, 4.69) is 22.1 Å². The van der Waals surface area contributed by atoms with Crippen molar-refractivity contribution in [1.82, 2.24) is 14.9 Å². The van der Waals surface area contributed by atoms with Crippen LogP contribution in [0.25, 0.3) is 0 Å². The Morgan fingerprint density at radius 3 is 2.66 bits per heavy atom. The number of aromatic amines is 1. The van der Waals surface area contributed by atoms with Crippen molar-refractivity contribution in [3.05, 3.63) is 32.6 Å². The van der Waals surface area contributed by atoms with Crippen molar-refractivity contribution in [3.63, 3.8) is 0 Å². The van der Waals surface area contributed by atoms with E-state index in [4.69, 9.17) is 18.9 Å². The highest BCUT2D eigenvalue weighted by Crippen LogP contribution is 2.42. The molecule has 1 aromatic rings. The molecule has 32 heavy (non-hydrogen) atoms. The van der Waals surface area contributed by atoms with Gasteiger partial charge in [0.15, 0.2) is 12.0 Å². The van der Waals surface area contributed by atoms with Gasteiger partial charge in [-0.3, -0.25) is 14.3 Å². The number of alkyl carbamates (subject to hydrolysis) is 1. The Bertz CT molecular complexity index is 1030. The second kappa shape index (κ2) is 9.07. The summed E-state index contributed by atoms with van der Waals surface area (Å²) >= 11 is 0. The predicted octanol–water partition coefficient (Wildman–Crippen LogP) is 0.213. The van der Waals surface area contributed by atoms with Gasteiger partial charge in [0.2, 0.25) is 0 Å². The molecule has 3 heterocycles. The number of carbonyl (C=O) groups excluding carboxylic acids is 1. The van der Waals surface area contributed by atoms with Gasteiger partial charge in [-0.05, 0) is 34.6 Å². The van der Waals surface area contributed by atoms with Crippen LogP contribution in [0.4, 0.5) is 4.79 Å². The van der Waals surface area contributed by atoms with E-state index < -0.39 is 53.3 Å². The molecule has 2 fully saturated rings. The van der Waals surface area contributed by atoms with Crippen molar-refractivity contribution in [3.8, 4) is 11.8 Å². The van der Waals surface area contributed by atoms with Crippen LogP contribution in [0.2, 0.25) is 0 Å². The molecule has 11 nitrogen and oxygen atoms in total. The third kappa shape index (κ3) is 5.58. The molecule has 0 spiro atoms. The average molecular weight is 451 g/mol. The summed E-state index contributed by atoms with van der Waals surface area (Å²) in [5.74, 6) is 4.59. The Labute approximate surface area is 185 Å². The molecule has 3 N–H and O–H groups in total. The number of aliphatic hydroxyl groups is 1. The smallest absolute Gasteiger partial charge is 0.407 e. The summed E-state index contributed by atoms with van der Waals surface area (Å²) in [5.41, 5.74) is -1.89. The Morgan fingerprint density at radius 1 is 1.31 bits per heavy atom. The van der Waals surface area contributed by atoms with Crippen LogP contribution >= 0.6 is 0 Å². The minimum atomic E-state index is -0.905. The van der Waals surface area contributed by atoms with E-state index in [1.165, 1.54) is 10.8 Å². The Morgan fingerprint density at radius 2 is 2.00 bits per heavy atom. The maximum absolute atomic E-state index is 12.4. The summed E-state index contributed by atoms with van der Waals surface area (Å²) < 4.78 is 23.8. The molecular weight excluding hydrogens is 422 g/mol. The SMILES string of the molecule is CC(C)(C)OC(=O)NCCC#Cc1cn([C@@H]2O[C@H](CO)[C@H]3OC(C)(C)O[C@H]32)c(=O)[nH]c1=O. The monoisotopic (exact) mass is 451 g/mol. The molecule has 0 aromatic carbocycles. The van der Waals surface area contributed by atoms with Crippen molar-refractivity contribution in [2.75, 3.05) is 13.2 Å². The molecule has 0 unspecified atom stereocenters. The summed E-state index contributed by atoms with van der Waals surface area (Å²) in [5, 5.41) is 12.2. The van der Waals surface area contributed by atoms with Crippen LogP contribution < -0.4 is 16.6 Å². The molecule has 0 aliphatic carbocycles. The van der Waals surface area contributed by atoms with E-state index in [1.807, 2.05) is 0 Å². The fourth-order valence-electron chi connectivity index (χ4n) is 3.49. The lowest BCUT2D eigenvalue weighted by atomic mass is 10.1. The summed E-state index contributed by atoms with van der Waals surface area (Å²) in [6, 6.07) is 0. The molecule has 1 amide bonds. The molecule has 0 saturated carbocycles. The van der Waals surface area contributed by atoms with Gasteiger partial charge < -0.3 is 29.4 Å². The van der Waals surface area contributed by atoms with E-state index in [-0.39, 0.29) is 25.1 Å². The molecule has 0 bridgehead atoms. The zero-order valence-corrected chi connectivity index (χ0v) is 18.8. The van der Waals surface area contributed by atoms with E-state index in [0.29, 0.717) is 0 Å². The Balaban J connectivity index is 1.72. The lowest BCUT2D eigenvalue weighted by molar-refractivity contribution is -0.200. The highest BCUT2D eigenvalue weighted by Gasteiger charge is 2.55. The topological polar surface area (TPSA) is 141 Å². The first-order chi connectivity index (χ1) is 14.9. The van der Waals surface area contributed by atoms with E-state index >= 15 is 0 Å². The van der Waals surface area contributed by atoms with Gasteiger partial charge in [-0.25, -0.2) is 9.59 Å². The summed E-state index contributed by atoms with van der Waals surface area (Å²) in [6.45, 7) is 8.66. The standard InChI is InChI=1S/C21H29N3O8/c1-20(2,3)32-19(28)22-9-7-6-8-12-10-24(18(27)23-16(12)26)17-15-14(13(11-25)29-17)30-21(4,5)31-15/h10,13-15,17,25H,7,9,11H2,1-5H3,(H,22,28)(H,23,26,27)/t13-,14-,15-,17-/m1/s1. The summed E-state index contributed by atoms with van der Waals surface area (Å²) in [4.78, 5) is 38.5. The van der Waals surface area contributed by atoms with Crippen LogP contribution in [-0.4, -0.2) is 63.6 Å². The molecule has 1 aromatic heterocycles. The highest BCUT2D eigenvalue weighted by atomic mass is 16.8. The van der Waals surface area contributed by atoms with Crippen molar-refractivity contribution < 1.29 is 28.8 Å². The van der Waals surface area contributed by atoms with Gasteiger partial charge in [-0.15, -0.1) is 0 Å². The lowest BCUT2D eigenvalue weighted by Crippen LogP contribution is -2.38. The summed E-state index contributed by atoms with van der Waals surface area (Å²) in [6.07, 6.45) is -1.79. The quantitative estimate of drug-likeness (QED) is 0.436. The molecule has 176 valence electrons. The molecule has 0 radical (unpaired) electrons.